The van der Waals surface area contributed by atoms with E-state index in [1.54, 1.807) is 0 Å². The van der Waals surface area contributed by atoms with Gasteiger partial charge in [0.1, 0.15) is 0 Å². The summed E-state index contributed by atoms with van der Waals surface area (Å²) in [5, 5.41) is 4.99. The lowest BCUT2D eigenvalue weighted by atomic mass is 9.99. The summed E-state index contributed by atoms with van der Waals surface area (Å²) in [6, 6.07) is 59.6. The minimum Gasteiger partial charge on any atom is -0.309 e. The predicted molar refractivity (Wildman–Crippen MR) is 219 cm³/mol. The predicted octanol–water partition coefficient (Wildman–Crippen LogP) is 13.6. The molecule has 0 bridgehead atoms. The van der Waals surface area contributed by atoms with Gasteiger partial charge in [-0.2, -0.15) is 0 Å². The van der Waals surface area contributed by atoms with E-state index in [4.69, 9.17) is 0 Å². The van der Waals surface area contributed by atoms with Crippen molar-refractivity contribution in [2.45, 2.75) is 19.8 Å². The highest BCUT2D eigenvalue weighted by molar-refractivity contribution is 6.15. The van der Waals surface area contributed by atoms with Gasteiger partial charge in [0.25, 0.3) is 0 Å². The molecule has 0 aliphatic carbocycles. The van der Waals surface area contributed by atoms with Crippen molar-refractivity contribution in [3.05, 3.63) is 188 Å². The number of hydrogen-bond acceptors (Lipinski definition) is 0. The lowest BCUT2D eigenvalue weighted by Crippen LogP contribution is -1.96. The number of rotatable bonds is 8. The first-order valence-corrected chi connectivity index (χ1v) is 17.9. The van der Waals surface area contributed by atoms with Gasteiger partial charge in [-0.15, -0.1) is 0 Å². The second kappa shape index (κ2) is 12.8. The summed E-state index contributed by atoms with van der Waals surface area (Å²) in [6.45, 7) is 6.51. The van der Waals surface area contributed by atoms with E-state index in [2.05, 4.69) is 199 Å². The fourth-order valence-corrected chi connectivity index (χ4v) is 7.71. The summed E-state index contributed by atoms with van der Waals surface area (Å²) in [4.78, 5) is 0. The average Bonchev–Trinajstić information content (AvgIpc) is 3.71. The van der Waals surface area contributed by atoms with Crippen molar-refractivity contribution >= 4 is 49.2 Å². The van der Waals surface area contributed by atoms with E-state index in [-0.39, 0.29) is 0 Å². The van der Waals surface area contributed by atoms with Crippen molar-refractivity contribution < 1.29 is 0 Å². The Labute approximate surface area is 298 Å². The maximum atomic E-state index is 4.31. The summed E-state index contributed by atoms with van der Waals surface area (Å²) in [6.07, 6.45) is 6.56. The van der Waals surface area contributed by atoms with Gasteiger partial charge in [-0.05, 0) is 82.8 Å². The molecule has 0 spiro atoms. The number of aromatic nitrogens is 2. The Bertz CT molecular complexity index is 2760. The van der Waals surface area contributed by atoms with Crippen molar-refractivity contribution in [3.8, 4) is 33.6 Å². The van der Waals surface area contributed by atoms with Crippen LogP contribution in [0.15, 0.2) is 183 Å². The second-order valence-corrected chi connectivity index (χ2v) is 13.3. The van der Waals surface area contributed by atoms with Crippen LogP contribution in [0.2, 0.25) is 0 Å². The number of para-hydroxylation sites is 3. The third-order valence-corrected chi connectivity index (χ3v) is 10.2. The normalized spacial score (nSPS) is 11.8. The first-order chi connectivity index (χ1) is 25.2. The van der Waals surface area contributed by atoms with Crippen LogP contribution in [-0.2, 0) is 0 Å². The molecule has 0 N–H and O–H groups in total. The minimum atomic E-state index is 1.04. The van der Waals surface area contributed by atoms with E-state index >= 15 is 0 Å². The number of benzene rings is 7. The molecule has 0 saturated heterocycles. The summed E-state index contributed by atoms with van der Waals surface area (Å²) in [5.74, 6) is 0. The highest BCUT2D eigenvalue weighted by atomic mass is 15.0. The molecule has 2 heterocycles. The molecule has 0 atom stereocenters. The van der Waals surface area contributed by atoms with E-state index in [9.17, 15) is 0 Å². The SMILES string of the molecule is C=C(/C=C\CCC)c1ccc(-n2c3ccccc3c3cc(-c4cccc5c6ccccc6n(-c6cccc(-c7ccccc7)c6)c45)ccc32)cc1. The van der Waals surface area contributed by atoms with Crippen LogP contribution >= 0.6 is 0 Å². The highest BCUT2D eigenvalue weighted by Gasteiger charge is 2.19. The van der Waals surface area contributed by atoms with Gasteiger partial charge in [0, 0.05) is 38.5 Å². The van der Waals surface area contributed by atoms with Crippen LogP contribution in [0.25, 0.3) is 82.8 Å². The Morgan fingerprint density at radius 3 is 1.94 bits per heavy atom. The molecule has 9 rings (SSSR count). The van der Waals surface area contributed by atoms with Gasteiger partial charge in [0.2, 0.25) is 0 Å². The largest absolute Gasteiger partial charge is 0.309 e. The number of allylic oxidation sites excluding steroid dienone is 3. The summed E-state index contributed by atoms with van der Waals surface area (Å²) in [7, 11) is 0. The zero-order valence-electron chi connectivity index (χ0n) is 28.8. The minimum absolute atomic E-state index is 1.04. The Morgan fingerprint density at radius 2 is 1.16 bits per heavy atom. The molecule has 0 unspecified atom stereocenters. The summed E-state index contributed by atoms with van der Waals surface area (Å²) >= 11 is 0. The fraction of sp³-hybridized carbons (Fsp3) is 0.0612. The maximum absolute atomic E-state index is 4.31. The highest BCUT2D eigenvalue weighted by Crippen LogP contribution is 2.41. The number of hydrogen-bond donors (Lipinski definition) is 0. The summed E-state index contributed by atoms with van der Waals surface area (Å²) in [5.41, 5.74) is 14.1. The molecule has 0 radical (unpaired) electrons. The molecule has 0 amide bonds. The third-order valence-electron chi connectivity index (χ3n) is 10.2. The standard InChI is InChI=1S/C49H38N2/c1-3-4-6-15-34(2)35-26-29-39(30-27-35)50-46-24-11-10-21-43(46)45-33-38(28-31-48(45)50)41-22-14-23-44-42-20-9-12-25-47(42)51(49(41)44)40-19-13-18-37(32-40)36-16-7-5-8-17-36/h5-33H,2-4H2,1H3/b15-6-. The molecule has 244 valence electrons. The smallest absolute Gasteiger partial charge is 0.0619 e. The van der Waals surface area contributed by atoms with E-state index in [1.807, 2.05) is 0 Å². The molecule has 0 fully saturated rings. The van der Waals surface area contributed by atoms with Crippen molar-refractivity contribution in [3.63, 3.8) is 0 Å². The zero-order chi connectivity index (χ0) is 34.3. The van der Waals surface area contributed by atoms with Gasteiger partial charge in [-0.3, -0.25) is 0 Å². The molecule has 2 nitrogen and oxygen atoms in total. The molecule has 0 aliphatic rings. The number of unbranched alkanes of at least 4 members (excludes halogenated alkanes) is 1. The van der Waals surface area contributed by atoms with E-state index in [0.29, 0.717) is 0 Å². The molecule has 2 heteroatoms. The van der Waals surface area contributed by atoms with Crippen LogP contribution in [0.1, 0.15) is 25.3 Å². The fourth-order valence-electron chi connectivity index (χ4n) is 7.71. The molecule has 0 aliphatic heterocycles. The Balaban J connectivity index is 1.22. The Kier molecular flexibility index (Phi) is 7.71. The van der Waals surface area contributed by atoms with Gasteiger partial charge >= 0.3 is 0 Å². The van der Waals surface area contributed by atoms with Crippen molar-refractivity contribution in [2.75, 3.05) is 0 Å². The second-order valence-electron chi connectivity index (χ2n) is 13.3. The van der Waals surface area contributed by atoms with Crippen LogP contribution in [0.3, 0.4) is 0 Å². The zero-order valence-corrected chi connectivity index (χ0v) is 28.8. The molecule has 51 heavy (non-hydrogen) atoms. The van der Waals surface area contributed by atoms with E-state index in [0.717, 1.165) is 35.4 Å². The van der Waals surface area contributed by atoms with Crippen LogP contribution in [0, 0.1) is 0 Å². The summed E-state index contributed by atoms with van der Waals surface area (Å²) < 4.78 is 4.84. The van der Waals surface area contributed by atoms with E-state index in [1.165, 1.54) is 65.9 Å². The lowest BCUT2D eigenvalue weighted by Gasteiger charge is -2.14. The number of nitrogens with zero attached hydrogens (tertiary/aromatic N) is 2. The van der Waals surface area contributed by atoms with Gasteiger partial charge in [-0.25, -0.2) is 0 Å². The molecule has 9 aromatic rings. The molecule has 7 aromatic carbocycles. The molecule has 2 aromatic heterocycles. The van der Waals surface area contributed by atoms with Crippen LogP contribution in [0.4, 0.5) is 0 Å². The first kappa shape index (κ1) is 30.7. The number of fused-ring (bicyclic) bond motifs is 6. The molecule has 0 saturated carbocycles. The molecular formula is C49H38N2. The van der Waals surface area contributed by atoms with Crippen LogP contribution in [0.5, 0.6) is 0 Å². The van der Waals surface area contributed by atoms with Gasteiger partial charge in [-0.1, -0.05) is 147 Å². The van der Waals surface area contributed by atoms with Crippen molar-refractivity contribution in [1.29, 1.82) is 0 Å². The van der Waals surface area contributed by atoms with Gasteiger partial charge in [0.05, 0.1) is 22.1 Å². The topological polar surface area (TPSA) is 9.86 Å². The average molecular weight is 655 g/mol. The van der Waals surface area contributed by atoms with Crippen molar-refractivity contribution in [2.24, 2.45) is 0 Å². The van der Waals surface area contributed by atoms with Crippen LogP contribution in [-0.4, -0.2) is 9.13 Å². The monoisotopic (exact) mass is 654 g/mol. The Morgan fingerprint density at radius 1 is 0.510 bits per heavy atom. The quantitative estimate of drug-likeness (QED) is 0.144. The Hall–Kier alpha value is -6.38. The molecular weight excluding hydrogens is 617 g/mol. The third kappa shape index (κ3) is 5.28. The van der Waals surface area contributed by atoms with Crippen LogP contribution < -0.4 is 0 Å². The first-order valence-electron chi connectivity index (χ1n) is 17.9. The van der Waals surface area contributed by atoms with Gasteiger partial charge in [0.15, 0.2) is 0 Å². The van der Waals surface area contributed by atoms with Gasteiger partial charge < -0.3 is 9.13 Å². The maximum Gasteiger partial charge on any atom is 0.0619 e. The van der Waals surface area contributed by atoms with E-state index < -0.39 is 0 Å². The lowest BCUT2D eigenvalue weighted by molar-refractivity contribution is 0.959. The van der Waals surface area contributed by atoms with Crippen molar-refractivity contribution in [1.82, 2.24) is 9.13 Å².